The number of carbonyl (C=O) groups is 3. The molecular weight excluding hydrogens is 216 g/mol. The minimum absolute atomic E-state index is 0.0551. The lowest BCUT2D eigenvalue weighted by Gasteiger charge is -2.10. The molecule has 0 saturated carbocycles. The van der Waals surface area contributed by atoms with Gasteiger partial charge in [-0.25, -0.2) is 9.59 Å². The molecule has 1 unspecified atom stereocenters. The number of hydrogen-bond donors (Lipinski definition) is 1. The van der Waals surface area contributed by atoms with E-state index >= 15 is 0 Å². The summed E-state index contributed by atoms with van der Waals surface area (Å²) in [4.78, 5) is 32.0. The SMILES string of the molecule is CCOC(=O)CC(C)OC(=O)/C=C\C(=O)O. The van der Waals surface area contributed by atoms with Gasteiger partial charge >= 0.3 is 17.9 Å². The lowest BCUT2D eigenvalue weighted by molar-refractivity contribution is -0.151. The number of esters is 2. The highest BCUT2D eigenvalue weighted by Gasteiger charge is 2.13. The second-order valence-corrected chi connectivity index (χ2v) is 2.93. The normalized spacial score (nSPS) is 12.1. The van der Waals surface area contributed by atoms with E-state index in [0.29, 0.717) is 6.08 Å². The van der Waals surface area contributed by atoms with Crippen LogP contribution >= 0.6 is 0 Å². The van der Waals surface area contributed by atoms with E-state index in [9.17, 15) is 14.4 Å². The maximum atomic E-state index is 11.0. The molecule has 0 amide bonds. The van der Waals surface area contributed by atoms with Crippen LogP contribution in [0.4, 0.5) is 0 Å². The summed E-state index contributed by atoms with van der Waals surface area (Å²) >= 11 is 0. The first-order valence-corrected chi connectivity index (χ1v) is 4.73. The fourth-order valence-electron chi connectivity index (χ4n) is 0.873. The van der Waals surface area contributed by atoms with Gasteiger partial charge in [0.25, 0.3) is 0 Å². The first-order chi connectivity index (χ1) is 7.45. The van der Waals surface area contributed by atoms with Gasteiger partial charge in [-0.1, -0.05) is 0 Å². The van der Waals surface area contributed by atoms with Crippen LogP contribution in [-0.2, 0) is 23.9 Å². The van der Waals surface area contributed by atoms with Crippen molar-refractivity contribution in [3.05, 3.63) is 12.2 Å². The van der Waals surface area contributed by atoms with Crippen molar-refractivity contribution in [2.75, 3.05) is 6.61 Å². The van der Waals surface area contributed by atoms with Gasteiger partial charge in [-0.15, -0.1) is 0 Å². The van der Waals surface area contributed by atoms with Gasteiger partial charge in [0.05, 0.1) is 13.0 Å². The van der Waals surface area contributed by atoms with Crippen molar-refractivity contribution in [3.63, 3.8) is 0 Å². The number of ether oxygens (including phenoxy) is 2. The van der Waals surface area contributed by atoms with Crippen molar-refractivity contribution in [1.82, 2.24) is 0 Å². The van der Waals surface area contributed by atoms with Crippen LogP contribution in [0.15, 0.2) is 12.2 Å². The molecule has 6 heteroatoms. The van der Waals surface area contributed by atoms with E-state index in [4.69, 9.17) is 9.84 Å². The minimum Gasteiger partial charge on any atom is -0.478 e. The number of aliphatic carboxylic acids is 1. The molecule has 0 aliphatic carbocycles. The standard InChI is InChI=1S/C10H14O6/c1-3-15-10(14)6-7(2)16-9(13)5-4-8(11)12/h4-5,7H,3,6H2,1-2H3,(H,11,12)/b5-4-. The van der Waals surface area contributed by atoms with Crippen molar-refractivity contribution in [2.45, 2.75) is 26.4 Å². The zero-order valence-electron chi connectivity index (χ0n) is 9.13. The first kappa shape index (κ1) is 14.2. The molecule has 6 nitrogen and oxygen atoms in total. The maximum Gasteiger partial charge on any atom is 0.331 e. The number of carboxylic acids is 1. The fraction of sp³-hybridized carbons (Fsp3) is 0.500. The predicted octanol–water partition coefficient (Wildman–Crippen LogP) is 0.512. The van der Waals surface area contributed by atoms with Crippen LogP contribution in [0, 0.1) is 0 Å². The van der Waals surface area contributed by atoms with E-state index in [0.717, 1.165) is 6.08 Å². The summed E-state index contributed by atoms with van der Waals surface area (Å²) in [6.45, 7) is 3.45. The summed E-state index contributed by atoms with van der Waals surface area (Å²) < 4.78 is 9.38. The first-order valence-electron chi connectivity index (χ1n) is 4.73. The van der Waals surface area contributed by atoms with Crippen LogP contribution < -0.4 is 0 Å². The van der Waals surface area contributed by atoms with E-state index in [1.54, 1.807) is 6.92 Å². The molecule has 90 valence electrons. The summed E-state index contributed by atoms with van der Waals surface area (Å²) in [7, 11) is 0. The lowest BCUT2D eigenvalue weighted by atomic mass is 10.3. The van der Waals surface area contributed by atoms with Gasteiger partial charge in [0.1, 0.15) is 6.10 Å². The average Bonchev–Trinajstić information content (AvgIpc) is 2.14. The Morgan fingerprint density at radius 2 is 1.94 bits per heavy atom. The van der Waals surface area contributed by atoms with E-state index in [1.165, 1.54) is 6.92 Å². The maximum absolute atomic E-state index is 11.0. The van der Waals surface area contributed by atoms with Crippen molar-refractivity contribution in [1.29, 1.82) is 0 Å². The molecule has 0 aromatic carbocycles. The Kier molecular flexibility index (Phi) is 6.58. The van der Waals surface area contributed by atoms with Crippen molar-refractivity contribution < 1.29 is 29.0 Å². The highest BCUT2D eigenvalue weighted by atomic mass is 16.6. The van der Waals surface area contributed by atoms with Crippen LogP contribution in [0.25, 0.3) is 0 Å². The number of carboxylic acid groups (broad SMARTS) is 1. The molecule has 0 aliphatic heterocycles. The monoisotopic (exact) mass is 230 g/mol. The van der Waals surface area contributed by atoms with Gasteiger partial charge in [-0.05, 0) is 13.8 Å². The molecule has 0 aliphatic rings. The van der Waals surface area contributed by atoms with Crippen LogP contribution in [0.5, 0.6) is 0 Å². The number of hydrogen-bond acceptors (Lipinski definition) is 5. The summed E-state index contributed by atoms with van der Waals surface area (Å²) in [6, 6.07) is 0. The highest BCUT2D eigenvalue weighted by Crippen LogP contribution is 2.00. The Morgan fingerprint density at radius 3 is 2.44 bits per heavy atom. The Labute approximate surface area is 92.8 Å². The van der Waals surface area contributed by atoms with Crippen LogP contribution in [-0.4, -0.2) is 35.7 Å². The van der Waals surface area contributed by atoms with Crippen LogP contribution in [0.3, 0.4) is 0 Å². The largest absolute Gasteiger partial charge is 0.478 e. The topological polar surface area (TPSA) is 89.9 Å². The number of carbonyl (C=O) groups excluding carboxylic acids is 2. The van der Waals surface area contributed by atoms with Gasteiger partial charge in [0.2, 0.25) is 0 Å². The highest BCUT2D eigenvalue weighted by molar-refractivity contribution is 5.90. The second-order valence-electron chi connectivity index (χ2n) is 2.93. The number of rotatable bonds is 6. The Morgan fingerprint density at radius 1 is 1.31 bits per heavy atom. The van der Waals surface area contributed by atoms with Gasteiger partial charge in [-0.2, -0.15) is 0 Å². The summed E-state index contributed by atoms with van der Waals surface area (Å²) in [5, 5.41) is 8.24. The fourth-order valence-corrected chi connectivity index (χ4v) is 0.873. The summed E-state index contributed by atoms with van der Waals surface area (Å²) in [5.74, 6) is -2.51. The van der Waals surface area contributed by atoms with E-state index in [-0.39, 0.29) is 13.0 Å². The zero-order valence-corrected chi connectivity index (χ0v) is 9.13. The molecule has 0 radical (unpaired) electrons. The molecule has 0 spiro atoms. The van der Waals surface area contributed by atoms with Crippen LogP contribution in [0.1, 0.15) is 20.3 Å². The van der Waals surface area contributed by atoms with Crippen molar-refractivity contribution >= 4 is 17.9 Å². The molecule has 0 saturated heterocycles. The molecular formula is C10H14O6. The van der Waals surface area contributed by atoms with Crippen molar-refractivity contribution in [2.24, 2.45) is 0 Å². The third kappa shape index (κ3) is 7.54. The average molecular weight is 230 g/mol. The van der Waals surface area contributed by atoms with Crippen LogP contribution in [0.2, 0.25) is 0 Å². The van der Waals surface area contributed by atoms with Gasteiger partial charge < -0.3 is 14.6 Å². The molecule has 16 heavy (non-hydrogen) atoms. The molecule has 0 fully saturated rings. The molecule has 0 heterocycles. The quantitative estimate of drug-likeness (QED) is 0.528. The smallest absolute Gasteiger partial charge is 0.331 e. The molecule has 0 aromatic rings. The summed E-state index contributed by atoms with van der Waals surface area (Å²) in [5.41, 5.74) is 0. The molecule has 0 rings (SSSR count). The molecule has 1 atom stereocenters. The second kappa shape index (κ2) is 7.44. The van der Waals surface area contributed by atoms with Gasteiger partial charge in [0.15, 0.2) is 0 Å². The molecule has 0 bridgehead atoms. The minimum atomic E-state index is -1.24. The third-order valence-electron chi connectivity index (χ3n) is 1.44. The zero-order chi connectivity index (χ0) is 12.6. The Balaban J connectivity index is 3.95. The Hall–Kier alpha value is -1.85. The third-order valence-corrected chi connectivity index (χ3v) is 1.44. The lowest BCUT2D eigenvalue weighted by Crippen LogP contribution is -2.19. The van der Waals surface area contributed by atoms with E-state index in [1.807, 2.05) is 0 Å². The van der Waals surface area contributed by atoms with Gasteiger partial charge in [0, 0.05) is 12.2 Å². The Bertz CT molecular complexity index is 294. The molecule has 0 aromatic heterocycles. The van der Waals surface area contributed by atoms with E-state index in [2.05, 4.69) is 4.74 Å². The van der Waals surface area contributed by atoms with E-state index < -0.39 is 24.0 Å². The summed E-state index contributed by atoms with van der Waals surface area (Å²) in [6.07, 6.45) is 0.745. The predicted molar refractivity (Wildman–Crippen MR) is 53.6 cm³/mol. The van der Waals surface area contributed by atoms with Gasteiger partial charge in [-0.3, -0.25) is 4.79 Å². The molecule has 1 N–H and O–H groups in total. The van der Waals surface area contributed by atoms with Crippen molar-refractivity contribution in [3.8, 4) is 0 Å².